The Morgan fingerprint density at radius 1 is 1.33 bits per heavy atom. The first-order chi connectivity index (χ1) is 8.13. The lowest BCUT2D eigenvalue weighted by molar-refractivity contribution is -0.121. The lowest BCUT2D eigenvalue weighted by Crippen LogP contribution is -2.32. The fourth-order valence-electron chi connectivity index (χ4n) is 0.587. The average Bonchev–Trinajstić information content (AvgIpc) is 2.25. The van der Waals surface area contributed by atoms with E-state index in [9.17, 15) is 4.79 Å². The summed E-state index contributed by atoms with van der Waals surface area (Å²) in [6, 6.07) is 1.72. The van der Waals surface area contributed by atoms with Crippen LogP contribution in [-0.2, 0) is 4.79 Å². The molecule has 0 aliphatic carbocycles. The predicted molar refractivity (Wildman–Crippen MR) is 79.4 cm³/mol. The van der Waals surface area contributed by atoms with Crippen LogP contribution in [0.1, 0.15) is 0 Å². The van der Waals surface area contributed by atoms with E-state index in [1.165, 1.54) is 0 Å². The van der Waals surface area contributed by atoms with Crippen LogP contribution in [0, 0.1) is 11.3 Å². The molecule has 0 bridgehead atoms. The van der Waals surface area contributed by atoms with Gasteiger partial charge in [-0.15, -0.1) is 23.2 Å². The molecule has 102 valence electrons. The highest BCUT2D eigenvalue weighted by Gasteiger charge is 2.38. The van der Waals surface area contributed by atoms with Crippen LogP contribution in [0.15, 0.2) is 9.52 Å². The van der Waals surface area contributed by atoms with Gasteiger partial charge < -0.3 is 0 Å². The first kappa shape index (κ1) is 19.1. The molecule has 11 heteroatoms. The van der Waals surface area contributed by atoms with Crippen molar-refractivity contribution in [1.82, 2.24) is 4.31 Å². The minimum absolute atomic E-state index is 0.373. The SMILES string of the molecule is N#CCN(SC(Cl)(Cl)C(Cl)Cl)C(=O)C(Cl)=C(Cl)Cl. The van der Waals surface area contributed by atoms with Gasteiger partial charge in [-0.3, -0.25) is 9.10 Å². The molecule has 0 aromatic carbocycles. The van der Waals surface area contributed by atoms with Gasteiger partial charge in [-0.2, -0.15) is 5.26 Å². The Bertz CT molecular complexity index is 388. The summed E-state index contributed by atoms with van der Waals surface area (Å²) < 4.78 is -1.36. The zero-order valence-electron chi connectivity index (χ0n) is 8.14. The second-order valence-corrected chi connectivity index (χ2v) is 8.05. The number of carbonyl (C=O) groups is 1. The van der Waals surface area contributed by atoms with E-state index >= 15 is 0 Å². The summed E-state index contributed by atoms with van der Waals surface area (Å²) in [4.78, 5) is 10.6. The Hall–Kier alpha value is 1.08. The van der Waals surface area contributed by atoms with Crippen LogP contribution in [-0.4, -0.2) is 25.3 Å². The first-order valence-electron chi connectivity index (χ1n) is 3.88. The number of hydrogen-bond donors (Lipinski definition) is 0. The molecular formula is C7H3Cl7N2OS. The molecule has 0 saturated heterocycles. The zero-order chi connectivity index (χ0) is 14.5. The van der Waals surface area contributed by atoms with E-state index in [0.717, 1.165) is 4.31 Å². The molecule has 0 rings (SSSR count). The number of hydrogen-bond acceptors (Lipinski definition) is 3. The molecule has 0 heterocycles. The van der Waals surface area contributed by atoms with Crippen molar-refractivity contribution in [1.29, 1.82) is 5.26 Å². The van der Waals surface area contributed by atoms with Gasteiger partial charge in [-0.25, -0.2) is 0 Å². The molecule has 0 aliphatic heterocycles. The van der Waals surface area contributed by atoms with Crippen molar-refractivity contribution >= 4 is 99.1 Å². The highest BCUT2D eigenvalue weighted by atomic mass is 35.5. The third kappa shape index (κ3) is 6.02. The molecular weight excluding hydrogens is 408 g/mol. The minimum Gasteiger partial charge on any atom is -0.267 e. The van der Waals surface area contributed by atoms with Crippen molar-refractivity contribution in [2.75, 3.05) is 6.54 Å². The van der Waals surface area contributed by atoms with Crippen LogP contribution in [0.5, 0.6) is 0 Å². The lowest BCUT2D eigenvalue weighted by Gasteiger charge is -2.26. The summed E-state index contributed by atoms with van der Waals surface area (Å²) in [5, 5.41) is 8.13. The Morgan fingerprint density at radius 3 is 2.17 bits per heavy atom. The number of nitrogens with zero attached hydrogens (tertiary/aromatic N) is 2. The van der Waals surface area contributed by atoms with E-state index in [4.69, 9.17) is 86.5 Å². The molecule has 1 amide bonds. The topological polar surface area (TPSA) is 44.1 Å². The number of alkyl halides is 4. The van der Waals surface area contributed by atoms with Gasteiger partial charge >= 0.3 is 0 Å². The standard InChI is InChI=1S/C7H3Cl7N2OS/c8-3(4(9)10)5(17)16(2-1-15)18-7(13,14)6(11)12/h6H,2H2. The van der Waals surface area contributed by atoms with Crippen LogP contribution >= 0.6 is 93.2 Å². The molecule has 0 aromatic rings. The third-order valence-electron chi connectivity index (χ3n) is 1.28. The van der Waals surface area contributed by atoms with E-state index in [2.05, 4.69) is 0 Å². The summed E-state index contributed by atoms with van der Waals surface area (Å²) in [5.41, 5.74) is 0. The van der Waals surface area contributed by atoms with Gasteiger partial charge in [0.05, 0.1) is 6.07 Å². The molecule has 0 aliphatic rings. The summed E-state index contributed by atoms with van der Waals surface area (Å²) in [7, 11) is 0. The Morgan fingerprint density at radius 2 is 1.83 bits per heavy atom. The predicted octanol–water partition coefficient (Wildman–Crippen LogP) is 4.81. The molecule has 0 radical (unpaired) electrons. The fourth-order valence-corrected chi connectivity index (χ4v) is 2.31. The number of halogens is 7. The first-order valence-corrected chi connectivity index (χ1v) is 7.41. The molecule has 0 atom stereocenters. The second kappa shape index (κ2) is 8.39. The van der Waals surface area contributed by atoms with E-state index in [0.29, 0.717) is 11.9 Å². The molecule has 18 heavy (non-hydrogen) atoms. The molecule has 0 aromatic heterocycles. The fraction of sp³-hybridized carbons (Fsp3) is 0.429. The molecule has 0 unspecified atom stereocenters. The van der Waals surface area contributed by atoms with E-state index in [1.807, 2.05) is 0 Å². The van der Waals surface area contributed by atoms with Gasteiger partial charge in [-0.05, 0) is 11.9 Å². The number of carbonyl (C=O) groups excluding carboxylic acids is 1. The molecule has 3 nitrogen and oxygen atoms in total. The molecule has 0 saturated carbocycles. The second-order valence-electron chi connectivity index (χ2n) is 2.53. The highest BCUT2D eigenvalue weighted by Crippen LogP contribution is 2.44. The molecule has 0 fully saturated rings. The maximum absolute atomic E-state index is 11.8. The van der Waals surface area contributed by atoms with Crippen molar-refractivity contribution in [2.24, 2.45) is 0 Å². The number of amides is 1. The largest absolute Gasteiger partial charge is 0.278 e. The van der Waals surface area contributed by atoms with Crippen LogP contribution in [0.2, 0.25) is 0 Å². The van der Waals surface area contributed by atoms with Crippen molar-refractivity contribution in [3.05, 3.63) is 9.52 Å². The molecule has 0 N–H and O–H groups in total. The Labute approximate surface area is 143 Å². The van der Waals surface area contributed by atoms with Gasteiger partial charge in [0.1, 0.15) is 16.1 Å². The maximum Gasteiger partial charge on any atom is 0.278 e. The van der Waals surface area contributed by atoms with Gasteiger partial charge in [0, 0.05) is 0 Å². The highest BCUT2D eigenvalue weighted by molar-refractivity contribution is 8.01. The summed E-state index contributed by atoms with van der Waals surface area (Å²) >= 11 is 39.4. The average molecular weight is 411 g/mol. The third-order valence-corrected chi connectivity index (χ3v) is 5.41. The summed E-state index contributed by atoms with van der Waals surface area (Å²) in [5.74, 6) is -0.845. The van der Waals surface area contributed by atoms with Gasteiger partial charge in [0.25, 0.3) is 5.91 Å². The van der Waals surface area contributed by atoms with Crippen molar-refractivity contribution in [2.45, 2.75) is 8.50 Å². The number of nitriles is 1. The van der Waals surface area contributed by atoms with E-state index in [1.54, 1.807) is 6.07 Å². The van der Waals surface area contributed by atoms with Crippen LogP contribution in [0.25, 0.3) is 0 Å². The monoisotopic (exact) mass is 408 g/mol. The number of rotatable bonds is 5. The summed E-state index contributed by atoms with van der Waals surface area (Å²) in [6.45, 7) is -0.373. The normalized spacial score (nSPS) is 11.1. The Balaban J connectivity index is 5.07. The van der Waals surface area contributed by atoms with Crippen molar-refractivity contribution in [3.8, 4) is 6.07 Å². The van der Waals surface area contributed by atoms with Gasteiger partial charge in [0.15, 0.2) is 4.84 Å². The Kier molecular flexibility index (Phi) is 8.89. The van der Waals surface area contributed by atoms with Crippen molar-refractivity contribution in [3.63, 3.8) is 0 Å². The van der Waals surface area contributed by atoms with Crippen LogP contribution in [0.4, 0.5) is 0 Å². The van der Waals surface area contributed by atoms with Gasteiger partial charge in [0.2, 0.25) is 3.67 Å². The van der Waals surface area contributed by atoms with Crippen LogP contribution < -0.4 is 0 Å². The zero-order valence-corrected chi connectivity index (χ0v) is 14.2. The quantitative estimate of drug-likeness (QED) is 0.282. The van der Waals surface area contributed by atoms with Crippen molar-refractivity contribution < 1.29 is 4.79 Å². The smallest absolute Gasteiger partial charge is 0.267 e. The maximum atomic E-state index is 11.8. The van der Waals surface area contributed by atoms with E-state index in [-0.39, 0.29) is 6.54 Å². The minimum atomic E-state index is -1.74. The molecule has 0 spiro atoms. The van der Waals surface area contributed by atoms with E-state index < -0.39 is 23.9 Å². The lowest BCUT2D eigenvalue weighted by atomic mass is 10.5. The summed E-state index contributed by atoms with van der Waals surface area (Å²) in [6.07, 6.45) is 0. The van der Waals surface area contributed by atoms with Crippen LogP contribution in [0.3, 0.4) is 0 Å². The van der Waals surface area contributed by atoms with Gasteiger partial charge in [-0.1, -0.05) is 58.0 Å².